The monoisotopic (exact) mass is 322 g/mol. The lowest BCUT2D eigenvalue weighted by Gasteiger charge is -2.20. The van der Waals surface area contributed by atoms with Crippen molar-refractivity contribution in [2.45, 2.75) is 13.0 Å². The molecule has 0 aromatic heterocycles. The molecule has 0 fully saturated rings. The Hall–Kier alpha value is -2.96. The number of aromatic hydroxyl groups is 2. The number of ketones is 2. The smallest absolute Gasteiger partial charge is 0.196 e. The Labute approximate surface area is 137 Å². The highest BCUT2D eigenvalue weighted by Crippen LogP contribution is 2.50. The molecule has 6 nitrogen and oxygen atoms in total. The third-order valence-electron chi connectivity index (χ3n) is 4.56. The number of rotatable bonds is 1. The number of carbonyl (C=O) groups excluding carboxylic acids is 2. The Morgan fingerprint density at radius 1 is 1.04 bits per heavy atom. The summed E-state index contributed by atoms with van der Waals surface area (Å²) in [5, 5.41) is 20.4. The molecular formula is C18H14N2O4. The Morgan fingerprint density at radius 3 is 2.50 bits per heavy atom. The molecule has 0 bridgehead atoms. The molecule has 120 valence electrons. The number of aryl methyl sites for hydroxylation is 1. The van der Waals surface area contributed by atoms with Crippen LogP contribution < -0.4 is 11.3 Å². The first-order valence-electron chi connectivity index (χ1n) is 7.41. The predicted octanol–water partition coefficient (Wildman–Crippen LogP) is 1.76. The van der Waals surface area contributed by atoms with Gasteiger partial charge < -0.3 is 10.2 Å². The quantitative estimate of drug-likeness (QED) is 0.470. The number of fused-ring (bicyclic) bond motifs is 3. The number of carbonyl (C=O) groups is 2. The summed E-state index contributed by atoms with van der Waals surface area (Å²) in [4.78, 5) is 25.9. The molecular weight excluding hydrogens is 308 g/mol. The number of phenols is 2. The average Bonchev–Trinajstić information content (AvgIpc) is 2.87. The van der Waals surface area contributed by atoms with E-state index < -0.39 is 17.6 Å². The van der Waals surface area contributed by atoms with Crippen LogP contribution in [0.15, 0.2) is 35.9 Å². The van der Waals surface area contributed by atoms with Crippen molar-refractivity contribution in [2.75, 3.05) is 0 Å². The molecule has 24 heavy (non-hydrogen) atoms. The van der Waals surface area contributed by atoms with Crippen LogP contribution in [0.1, 0.15) is 43.4 Å². The van der Waals surface area contributed by atoms with Crippen molar-refractivity contribution < 1.29 is 19.8 Å². The third kappa shape index (κ3) is 1.66. The van der Waals surface area contributed by atoms with Gasteiger partial charge in [-0.1, -0.05) is 18.2 Å². The number of benzene rings is 2. The number of allylic oxidation sites excluding steroid dienone is 1. The van der Waals surface area contributed by atoms with Crippen LogP contribution in [0.25, 0.3) is 5.57 Å². The van der Waals surface area contributed by atoms with Gasteiger partial charge >= 0.3 is 0 Å². The van der Waals surface area contributed by atoms with Gasteiger partial charge in [0, 0.05) is 22.3 Å². The first kappa shape index (κ1) is 14.6. The summed E-state index contributed by atoms with van der Waals surface area (Å²) in [6, 6.07) is 6.97. The molecule has 1 unspecified atom stereocenters. The number of hydrogen-bond donors (Lipinski definition) is 4. The number of hydrazine groups is 1. The molecule has 2 aromatic rings. The molecule has 0 saturated heterocycles. The Bertz CT molecular complexity index is 975. The summed E-state index contributed by atoms with van der Waals surface area (Å²) in [6.07, 6.45) is 0. The maximum atomic E-state index is 13.0. The van der Waals surface area contributed by atoms with Crippen LogP contribution in [0.3, 0.4) is 0 Å². The van der Waals surface area contributed by atoms with Crippen LogP contribution in [0.2, 0.25) is 0 Å². The van der Waals surface area contributed by atoms with Gasteiger partial charge in [-0.3, -0.25) is 15.4 Å². The fraction of sp³-hybridized carbons (Fsp3) is 0.111. The molecule has 0 aliphatic heterocycles. The van der Waals surface area contributed by atoms with Gasteiger partial charge in [-0.2, -0.15) is 0 Å². The number of phenolic OH excluding ortho intramolecular Hbond substituents is 2. The van der Waals surface area contributed by atoms with Crippen molar-refractivity contribution in [2.24, 2.45) is 5.84 Å². The Balaban J connectivity index is 2.07. The van der Waals surface area contributed by atoms with E-state index in [1.54, 1.807) is 13.0 Å². The molecule has 2 aliphatic carbocycles. The van der Waals surface area contributed by atoms with Gasteiger partial charge in [0.2, 0.25) is 0 Å². The van der Waals surface area contributed by atoms with Gasteiger partial charge in [0.25, 0.3) is 0 Å². The summed E-state index contributed by atoms with van der Waals surface area (Å²) in [7, 11) is 0. The van der Waals surface area contributed by atoms with Crippen LogP contribution in [-0.2, 0) is 0 Å². The minimum absolute atomic E-state index is 0.0227. The first-order chi connectivity index (χ1) is 11.5. The molecule has 5 N–H and O–H groups in total. The number of hydrogen-bond acceptors (Lipinski definition) is 6. The minimum Gasteiger partial charge on any atom is -0.507 e. The normalized spacial score (nSPS) is 18.5. The molecule has 2 aliphatic rings. The molecule has 0 heterocycles. The highest BCUT2D eigenvalue weighted by molar-refractivity contribution is 6.43. The topological polar surface area (TPSA) is 113 Å². The molecule has 2 aromatic carbocycles. The van der Waals surface area contributed by atoms with Crippen molar-refractivity contribution in [3.63, 3.8) is 0 Å². The van der Waals surface area contributed by atoms with E-state index >= 15 is 0 Å². The lowest BCUT2D eigenvalue weighted by atomic mass is 9.82. The van der Waals surface area contributed by atoms with Gasteiger partial charge in [0.1, 0.15) is 11.5 Å². The zero-order valence-corrected chi connectivity index (χ0v) is 12.8. The highest BCUT2D eigenvalue weighted by Gasteiger charge is 2.45. The predicted molar refractivity (Wildman–Crippen MR) is 86.6 cm³/mol. The molecule has 6 heteroatoms. The second-order valence-corrected chi connectivity index (χ2v) is 5.99. The van der Waals surface area contributed by atoms with E-state index in [0.29, 0.717) is 11.1 Å². The second kappa shape index (κ2) is 4.77. The maximum Gasteiger partial charge on any atom is 0.196 e. The fourth-order valence-corrected chi connectivity index (χ4v) is 3.62. The summed E-state index contributed by atoms with van der Waals surface area (Å²) in [6.45, 7) is 1.80. The molecule has 0 radical (unpaired) electrons. The standard InChI is InChI=1S/C18H14N2O4/c1-7-5-9-12(11(22)6-7)14-15(16(9)20-19)18(24)13-8(17(14)23)3-2-4-10(13)21/h2-6,16,20-22H,19H2,1H3. The maximum absolute atomic E-state index is 13.0. The third-order valence-corrected chi connectivity index (χ3v) is 4.56. The van der Waals surface area contributed by atoms with E-state index in [2.05, 4.69) is 5.43 Å². The SMILES string of the molecule is Cc1cc(O)c2c(c1)C(NN)C1=C2C(=O)c2cccc(O)c2C1=O. The van der Waals surface area contributed by atoms with Crippen molar-refractivity contribution in [3.8, 4) is 11.5 Å². The second-order valence-electron chi connectivity index (χ2n) is 5.99. The van der Waals surface area contributed by atoms with Crippen molar-refractivity contribution in [1.29, 1.82) is 0 Å². The highest BCUT2D eigenvalue weighted by atomic mass is 16.3. The summed E-state index contributed by atoms with van der Waals surface area (Å²) in [5.41, 5.74) is 4.65. The van der Waals surface area contributed by atoms with Gasteiger partial charge in [0.15, 0.2) is 11.6 Å². The first-order valence-corrected chi connectivity index (χ1v) is 7.41. The zero-order valence-electron chi connectivity index (χ0n) is 12.8. The van der Waals surface area contributed by atoms with Crippen LogP contribution in [0, 0.1) is 6.92 Å². The van der Waals surface area contributed by atoms with Crippen LogP contribution in [-0.4, -0.2) is 21.8 Å². The molecule has 0 amide bonds. The van der Waals surface area contributed by atoms with Gasteiger partial charge in [-0.15, -0.1) is 0 Å². The fourth-order valence-electron chi connectivity index (χ4n) is 3.62. The number of Topliss-reactive ketones (excluding diaryl/α,β-unsaturated/α-hetero) is 2. The Morgan fingerprint density at radius 2 is 1.79 bits per heavy atom. The zero-order chi connectivity index (χ0) is 17.2. The van der Waals surface area contributed by atoms with Crippen molar-refractivity contribution in [1.82, 2.24) is 5.43 Å². The molecule has 0 spiro atoms. The number of nitrogens with two attached hydrogens (primary N) is 1. The lowest BCUT2D eigenvalue weighted by Crippen LogP contribution is -2.32. The van der Waals surface area contributed by atoms with E-state index in [1.165, 1.54) is 24.3 Å². The number of nitrogens with one attached hydrogen (secondary N) is 1. The molecule has 4 rings (SSSR count). The molecule has 1 atom stereocenters. The van der Waals surface area contributed by atoms with E-state index in [4.69, 9.17) is 5.84 Å². The largest absolute Gasteiger partial charge is 0.507 e. The van der Waals surface area contributed by atoms with Crippen LogP contribution in [0.4, 0.5) is 0 Å². The van der Waals surface area contributed by atoms with E-state index in [0.717, 1.165) is 5.56 Å². The van der Waals surface area contributed by atoms with E-state index in [-0.39, 0.29) is 33.8 Å². The lowest BCUT2D eigenvalue weighted by molar-refractivity contribution is 0.0984. The van der Waals surface area contributed by atoms with Crippen LogP contribution >= 0.6 is 0 Å². The average molecular weight is 322 g/mol. The van der Waals surface area contributed by atoms with E-state index in [1.807, 2.05) is 0 Å². The summed E-state index contributed by atoms with van der Waals surface area (Å²) >= 11 is 0. The van der Waals surface area contributed by atoms with Crippen LogP contribution in [0.5, 0.6) is 11.5 Å². The van der Waals surface area contributed by atoms with E-state index in [9.17, 15) is 19.8 Å². The van der Waals surface area contributed by atoms with Crippen molar-refractivity contribution >= 4 is 17.1 Å². The minimum atomic E-state index is -0.718. The summed E-state index contributed by atoms with van der Waals surface area (Å²) < 4.78 is 0. The van der Waals surface area contributed by atoms with Gasteiger partial charge in [0.05, 0.1) is 11.6 Å². The van der Waals surface area contributed by atoms with Gasteiger partial charge in [-0.05, 0) is 30.2 Å². The summed E-state index contributed by atoms with van der Waals surface area (Å²) in [5.74, 6) is 4.44. The van der Waals surface area contributed by atoms with Gasteiger partial charge in [-0.25, -0.2) is 5.43 Å². The Kier molecular flexibility index (Phi) is 2.90. The van der Waals surface area contributed by atoms with Crippen molar-refractivity contribution in [3.05, 3.63) is 63.7 Å². The molecule has 0 saturated carbocycles.